The van der Waals surface area contributed by atoms with Gasteiger partial charge in [0.1, 0.15) is 11.5 Å². The molecule has 0 aliphatic carbocycles. The third kappa shape index (κ3) is 3.64. The van der Waals surface area contributed by atoms with E-state index in [1.165, 1.54) is 0 Å². The number of H-pyrrole nitrogens is 1. The zero-order chi connectivity index (χ0) is 17.8. The normalized spacial score (nSPS) is 10.8. The van der Waals surface area contributed by atoms with E-state index in [4.69, 9.17) is 15.9 Å². The monoisotopic (exact) mass is 338 g/mol. The maximum absolute atomic E-state index is 12.1. The molecule has 0 radical (unpaired) electrons. The number of methoxy groups -OCH3 is 1. The fourth-order valence-corrected chi connectivity index (χ4v) is 2.37. The van der Waals surface area contributed by atoms with Crippen molar-refractivity contribution >= 4 is 22.8 Å². The number of carbonyl (C=O) groups is 1. The van der Waals surface area contributed by atoms with Crippen LogP contribution in [0.4, 0.5) is 0 Å². The summed E-state index contributed by atoms with van der Waals surface area (Å²) in [5, 5.41) is 10.3. The average molecular weight is 338 g/mol. The summed E-state index contributed by atoms with van der Waals surface area (Å²) in [4.78, 5) is 24.0. The van der Waals surface area contributed by atoms with Gasteiger partial charge >= 0.3 is 0 Å². The third-order valence-corrected chi connectivity index (χ3v) is 3.65. The molecule has 0 spiro atoms. The molecule has 3 aromatic rings. The van der Waals surface area contributed by atoms with Gasteiger partial charge in [0.05, 0.1) is 17.6 Å². The number of imidazole rings is 1. The minimum Gasteiger partial charge on any atom is -0.384 e. The van der Waals surface area contributed by atoms with Crippen molar-refractivity contribution in [3.05, 3.63) is 47.7 Å². The van der Waals surface area contributed by atoms with Gasteiger partial charge in [0.15, 0.2) is 5.82 Å². The van der Waals surface area contributed by atoms with Crippen LogP contribution in [0.2, 0.25) is 0 Å². The second kappa shape index (κ2) is 7.10. The first-order valence-corrected chi connectivity index (χ1v) is 7.66. The minimum absolute atomic E-state index is 0.00842. The summed E-state index contributed by atoms with van der Waals surface area (Å²) in [5.74, 6) is 0.337. The van der Waals surface area contributed by atoms with Gasteiger partial charge in [-0.1, -0.05) is 0 Å². The van der Waals surface area contributed by atoms with Crippen LogP contribution in [0.1, 0.15) is 15.9 Å². The smallest absolute Gasteiger partial charge is 0.251 e. The van der Waals surface area contributed by atoms with Crippen LogP contribution in [0.25, 0.3) is 22.6 Å². The number of aromatic nitrogens is 3. The lowest BCUT2D eigenvalue weighted by Gasteiger charge is -2.05. The van der Waals surface area contributed by atoms with Crippen molar-refractivity contribution in [1.29, 1.82) is 5.41 Å². The molecule has 2 aromatic heterocycles. The van der Waals surface area contributed by atoms with E-state index in [0.29, 0.717) is 35.8 Å². The highest BCUT2D eigenvalue weighted by Gasteiger charge is 2.11. The first-order valence-electron chi connectivity index (χ1n) is 7.66. The highest BCUT2D eigenvalue weighted by atomic mass is 16.5. The van der Waals surface area contributed by atoms with E-state index in [1.54, 1.807) is 43.6 Å². The number of carbonyl (C=O) groups excluding carboxylic acids is 1. The molecular weight excluding hydrogens is 320 g/mol. The molecule has 0 fully saturated rings. The maximum atomic E-state index is 12.1. The fraction of sp³-hybridized carbons (Fsp3) is 0.176. The number of nitrogen functional groups attached to an aromatic ring is 1. The predicted octanol–water partition coefficient (Wildman–Crippen LogP) is 1.29. The van der Waals surface area contributed by atoms with Crippen molar-refractivity contribution < 1.29 is 9.53 Å². The van der Waals surface area contributed by atoms with Gasteiger partial charge in [0.2, 0.25) is 0 Å². The number of rotatable bonds is 6. The van der Waals surface area contributed by atoms with Crippen LogP contribution in [0.15, 0.2) is 36.5 Å². The molecule has 1 aromatic carbocycles. The number of benzene rings is 1. The van der Waals surface area contributed by atoms with Crippen molar-refractivity contribution in [1.82, 2.24) is 20.3 Å². The molecule has 128 valence electrons. The molecule has 5 N–H and O–H groups in total. The zero-order valence-corrected chi connectivity index (χ0v) is 13.7. The van der Waals surface area contributed by atoms with Crippen LogP contribution < -0.4 is 11.1 Å². The van der Waals surface area contributed by atoms with Gasteiger partial charge in [0, 0.05) is 31.0 Å². The summed E-state index contributed by atoms with van der Waals surface area (Å²) in [6, 6.07) is 8.60. The van der Waals surface area contributed by atoms with E-state index in [2.05, 4.69) is 20.3 Å². The van der Waals surface area contributed by atoms with Crippen LogP contribution in [0.5, 0.6) is 0 Å². The number of amidine groups is 1. The molecule has 0 atom stereocenters. The molecular formula is C17H18N6O2. The largest absolute Gasteiger partial charge is 0.384 e. The summed E-state index contributed by atoms with van der Waals surface area (Å²) in [6.45, 7) is 0.886. The molecule has 0 bridgehead atoms. The van der Waals surface area contributed by atoms with Crippen LogP contribution in [-0.4, -0.2) is 47.0 Å². The Hall–Kier alpha value is -3.26. The fourth-order valence-electron chi connectivity index (χ4n) is 2.37. The summed E-state index contributed by atoms with van der Waals surface area (Å²) >= 11 is 0. The lowest BCUT2D eigenvalue weighted by atomic mass is 10.2. The van der Waals surface area contributed by atoms with Gasteiger partial charge in [-0.2, -0.15) is 0 Å². The molecule has 0 aliphatic rings. The molecule has 2 heterocycles. The van der Waals surface area contributed by atoms with Crippen molar-refractivity contribution in [2.24, 2.45) is 5.73 Å². The van der Waals surface area contributed by atoms with Gasteiger partial charge in [0.25, 0.3) is 5.91 Å². The summed E-state index contributed by atoms with van der Waals surface area (Å²) in [7, 11) is 1.58. The second-order valence-corrected chi connectivity index (χ2v) is 5.41. The molecule has 0 aliphatic heterocycles. The van der Waals surface area contributed by atoms with Gasteiger partial charge in [-0.3, -0.25) is 15.2 Å². The summed E-state index contributed by atoms with van der Waals surface area (Å²) in [5.41, 5.74) is 8.65. The predicted molar refractivity (Wildman–Crippen MR) is 94.6 cm³/mol. The van der Waals surface area contributed by atoms with Crippen LogP contribution >= 0.6 is 0 Å². The standard InChI is InChI=1S/C17H18N6O2/c1-25-7-6-21-17(24)11-4-5-20-14(9-11)16-22-12-3-2-10(15(18)19)8-13(12)23-16/h2-5,8-9H,6-7H2,1H3,(H3,18,19)(H,21,24)(H,22,23). The highest BCUT2D eigenvalue weighted by Crippen LogP contribution is 2.20. The Balaban J connectivity index is 1.89. The average Bonchev–Trinajstić information content (AvgIpc) is 3.05. The lowest BCUT2D eigenvalue weighted by molar-refractivity contribution is 0.0937. The number of ether oxygens (including phenoxy) is 1. The number of hydrogen-bond donors (Lipinski definition) is 4. The maximum Gasteiger partial charge on any atom is 0.251 e. The lowest BCUT2D eigenvalue weighted by Crippen LogP contribution is -2.26. The number of hydrogen-bond acceptors (Lipinski definition) is 5. The summed E-state index contributed by atoms with van der Waals surface area (Å²) in [6.07, 6.45) is 1.56. The Morgan fingerprint density at radius 2 is 2.16 bits per heavy atom. The molecule has 0 saturated carbocycles. The Bertz CT molecular complexity index is 934. The quantitative estimate of drug-likeness (QED) is 0.306. The first-order chi connectivity index (χ1) is 12.1. The molecule has 0 unspecified atom stereocenters. The van der Waals surface area contributed by atoms with E-state index >= 15 is 0 Å². The van der Waals surface area contributed by atoms with Crippen molar-refractivity contribution in [2.75, 3.05) is 20.3 Å². The number of aromatic amines is 1. The molecule has 8 heteroatoms. The van der Waals surface area contributed by atoms with Gasteiger partial charge in [-0.15, -0.1) is 0 Å². The van der Waals surface area contributed by atoms with Crippen molar-refractivity contribution in [2.45, 2.75) is 0 Å². The van der Waals surface area contributed by atoms with E-state index in [1.807, 2.05) is 0 Å². The van der Waals surface area contributed by atoms with Crippen molar-refractivity contribution in [3.63, 3.8) is 0 Å². The molecule has 0 saturated heterocycles. The molecule has 8 nitrogen and oxygen atoms in total. The Morgan fingerprint density at radius 1 is 1.32 bits per heavy atom. The van der Waals surface area contributed by atoms with E-state index in [9.17, 15) is 4.79 Å². The first kappa shape index (κ1) is 16.6. The summed E-state index contributed by atoms with van der Waals surface area (Å²) < 4.78 is 4.92. The number of fused-ring (bicyclic) bond motifs is 1. The zero-order valence-electron chi connectivity index (χ0n) is 13.7. The Kier molecular flexibility index (Phi) is 4.71. The van der Waals surface area contributed by atoms with E-state index in [-0.39, 0.29) is 11.7 Å². The van der Waals surface area contributed by atoms with Crippen LogP contribution in [-0.2, 0) is 4.74 Å². The minimum atomic E-state index is -0.198. The number of nitrogens with one attached hydrogen (secondary N) is 3. The number of pyridine rings is 1. The SMILES string of the molecule is COCCNC(=O)c1ccnc(-c2nc3ccc(C(=N)N)cc3[nH]2)c1. The van der Waals surface area contributed by atoms with Gasteiger partial charge in [-0.25, -0.2) is 4.98 Å². The number of nitrogens with two attached hydrogens (primary N) is 1. The Morgan fingerprint density at radius 3 is 2.92 bits per heavy atom. The highest BCUT2D eigenvalue weighted by molar-refractivity contribution is 5.98. The Labute approximate surface area is 143 Å². The molecule has 25 heavy (non-hydrogen) atoms. The van der Waals surface area contributed by atoms with Gasteiger partial charge in [-0.05, 0) is 30.3 Å². The molecule has 3 rings (SSSR count). The number of nitrogens with zero attached hydrogens (tertiary/aromatic N) is 2. The van der Waals surface area contributed by atoms with Crippen LogP contribution in [0, 0.1) is 5.41 Å². The van der Waals surface area contributed by atoms with Crippen LogP contribution in [0.3, 0.4) is 0 Å². The topological polar surface area (TPSA) is 130 Å². The third-order valence-electron chi connectivity index (χ3n) is 3.65. The van der Waals surface area contributed by atoms with Crippen molar-refractivity contribution in [3.8, 4) is 11.5 Å². The number of amides is 1. The second-order valence-electron chi connectivity index (χ2n) is 5.41. The van der Waals surface area contributed by atoms with E-state index in [0.717, 1.165) is 11.0 Å². The van der Waals surface area contributed by atoms with E-state index < -0.39 is 0 Å². The van der Waals surface area contributed by atoms with Gasteiger partial charge < -0.3 is 20.8 Å². The molecule has 1 amide bonds.